The van der Waals surface area contributed by atoms with Crippen molar-refractivity contribution >= 4 is 76.7 Å². The van der Waals surface area contributed by atoms with E-state index in [1.54, 1.807) is 0 Å². The van der Waals surface area contributed by atoms with Crippen LogP contribution in [0.4, 0.5) is 0 Å². The molecular formula is C33H18N2O2. The number of pyridine rings is 1. The lowest BCUT2D eigenvalue weighted by atomic mass is 10.1. The molecule has 37 heavy (non-hydrogen) atoms. The van der Waals surface area contributed by atoms with Crippen LogP contribution in [0.2, 0.25) is 0 Å². The van der Waals surface area contributed by atoms with Crippen LogP contribution in [0.25, 0.3) is 82.4 Å². The average molecular weight is 475 g/mol. The van der Waals surface area contributed by atoms with Crippen molar-refractivity contribution in [1.29, 1.82) is 0 Å². The van der Waals surface area contributed by atoms with E-state index in [1.165, 1.54) is 5.39 Å². The number of benzene rings is 5. The molecule has 0 N–H and O–H groups in total. The number of rotatable bonds is 1. The summed E-state index contributed by atoms with van der Waals surface area (Å²) in [6.07, 6.45) is 0. The van der Waals surface area contributed by atoms with Gasteiger partial charge in [0.05, 0.1) is 27.6 Å². The molecule has 5 aromatic carbocycles. The SMILES string of the molecule is c1ccc2c(-n3c4ccccc4c4ccc5c6ccccc6oc5c43)c3c(nc2c1)oc1ccccc13. The first-order chi connectivity index (χ1) is 18.4. The maximum atomic E-state index is 6.59. The van der Waals surface area contributed by atoms with Gasteiger partial charge in [0.25, 0.3) is 0 Å². The van der Waals surface area contributed by atoms with Gasteiger partial charge in [-0.25, -0.2) is 4.98 Å². The highest BCUT2D eigenvalue weighted by Gasteiger charge is 2.24. The highest BCUT2D eigenvalue weighted by Crippen LogP contribution is 2.44. The molecule has 0 saturated heterocycles. The molecule has 0 radical (unpaired) electrons. The van der Waals surface area contributed by atoms with Crippen LogP contribution < -0.4 is 0 Å². The summed E-state index contributed by atoms with van der Waals surface area (Å²) < 4.78 is 15.3. The van der Waals surface area contributed by atoms with Gasteiger partial charge in [0.2, 0.25) is 5.71 Å². The number of furan rings is 2. The van der Waals surface area contributed by atoms with Gasteiger partial charge >= 0.3 is 0 Å². The van der Waals surface area contributed by atoms with Crippen LogP contribution in [0.5, 0.6) is 0 Å². The van der Waals surface area contributed by atoms with Crippen LogP contribution in [-0.4, -0.2) is 9.55 Å². The molecule has 0 saturated carbocycles. The van der Waals surface area contributed by atoms with E-state index < -0.39 is 0 Å². The Bertz CT molecular complexity index is 2370. The van der Waals surface area contributed by atoms with Crippen molar-refractivity contribution in [2.75, 3.05) is 0 Å². The maximum Gasteiger partial charge on any atom is 0.230 e. The molecule has 0 aliphatic rings. The second kappa shape index (κ2) is 6.77. The molecule has 0 fully saturated rings. The monoisotopic (exact) mass is 474 g/mol. The zero-order chi connectivity index (χ0) is 24.1. The highest BCUT2D eigenvalue weighted by atomic mass is 16.3. The molecule has 0 aliphatic heterocycles. The topological polar surface area (TPSA) is 44.1 Å². The number of nitrogens with zero attached hydrogens (tertiary/aromatic N) is 2. The molecule has 0 aliphatic carbocycles. The smallest absolute Gasteiger partial charge is 0.230 e. The fraction of sp³-hybridized carbons (Fsp3) is 0. The van der Waals surface area contributed by atoms with Crippen molar-refractivity contribution in [2.24, 2.45) is 0 Å². The molecule has 9 aromatic rings. The standard InChI is InChI=1S/C33H18N2O2/c1-5-13-25-23(11-1)30(29-24-12-4-8-16-28(24)37-33(29)34-25)35-26-14-6-2-9-19(26)21-17-18-22-20-10-3-7-15-27(20)36-32(22)31(21)35/h1-18H. The summed E-state index contributed by atoms with van der Waals surface area (Å²) >= 11 is 0. The second-order valence-electron chi connectivity index (χ2n) is 9.55. The molecule has 0 bridgehead atoms. The summed E-state index contributed by atoms with van der Waals surface area (Å²) in [7, 11) is 0. The van der Waals surface area contributed by atoms with Crippen molar-refractivity contribution in [3.05, 3.63) is 109 Å². The predicted octanol–water partition coefficient (Wildman–Crippen LogP) is 9.13. The Hall–Kier alpha value is -5.09. The molecule has 4 aromatic heterocycles. The van der Waals surface area contributed by atoms with Crippen molar-refractivity contribution in [3.8, 4) is 5.69 Å². The normalized spacial score (nSPS) is 12.3. The summed E-state index contributed by atoms with van der Waals surface area (Å²) in [5.74, 6) is 0. The molecule has 9 rings (SSSR count). The number of aromatic nitrogens is 2. The van der Waals surface area contributed by atoms with Gasteiger partial charge in [0.1, 0.15) is 11.2 Å². The van der Waals surface area contributed by atoms with E-state index in [2.05, 4.69) is 83.4 Å². The Balaban J connectivity index is 1.62. The molecule has 0 spiro atoms. The van der Waals surface area contributed by atoms with E-state index in [9.17, 15) is 0 Å². The van der Waals surface area contributed by atoms with Gasteiger partial charge in [-0.3, -0.25) is 0 Å². The first kappa shape index (κ1) is 19.1. The molecule has 0 atom stereocenters. The van der Waals surface area contributed by atoms with E-state index >= 15 is 0 Å². The molecule has 4 nitrogen and oxygen atoms in total. The lowest BCUT2D eigenvalue weighted by Gasteiger charge is -2.13. The Kier molecular flexibility index (Phi) is 3.50. The highest BCUT2D eigenvalue weighted by molar-refractivity contribution is 6.24. The van der Waals surface area contributed by atoms with Crippen molar-refractivity contribution < 1.29 is 8.83 Å². The average Bonchev–Trinajstić information content (AvgIpc) is 3.61. The molecule has 172 valence electrons. The fourth-order valence-corrected chi connectivity index (χ4v) is 6.05. The third-order valence-corrected chi connectivity index (χ3v) is 7.60. The second-order valence-corrected chi connectivity index (χ2v) is 9.55. The van der Waals surface area contributed by atoms with Crippen LogP contribution >= 0.6 is 0 Å². The Labute approximate surface area is 209 Å². The molecule has 0 amide bonds. The zero-order valence-corrected chi connectivity index (χ0v) is 19.6. The number of hydrogen-bond donors (Lipinski definition) is 0. The maximum absolute atomic E-state index is 6.59. The van der Waals surface area contributed by atoms with Crippen LogP contribution in [0.1, 0.15) is 0 Å². The third kappa shape index (κ3) is 2.39. The summed E-state index contributed by atoms with van der Waals surface area (Å²) in [5, 5.41) is 7.69. The molecule has 4 heteroatoms. The lowest BCUT2D eigenvalue weighted by molar-refractivity contribution is 0.656. The van der Waals surface area contributed by atoms with Crippen LogP contribution in [0.15, 0.2) is 118 Å². The largest absolute Gasteiger partial charge is 0.454 e. The number of fused-ring (bicyclic) bond motifs is 11. The number of para-hydroxylation sites is 4. The van der Waals surface area contributed by atoms with Gasteiger partial charge in [-0.1, -0.05) is 78.9 Å². The molecule has 4 heterocycles. The van der Waals surface area contributed by atoms with Crippen LogP contribution in [0, 0.1) is 0 Å². The van der Waals surface area contributed by atoms with Crippen molar-refractivity contribution in [1.82, 2.24) is 9.55 Å². The Morgan fingerprint density at radius 2 is 1.16 bits per heavy atom. The van der Waals surface area contributed by atoms with Gasteiger partial charge in [0.15, 0.2) is 5.58 Å². The van der Waals surface area contributed by atoms with Gasteiger partial charge in [-0.2, -0.15) is 0 Å². The van der Waals surface area contributed by atoms with Crippen LogP contribution in [0.3, 0.4) is 0 Å². The van der Waals surface area contributed by atoms with Gasteiger partial charge in [-0.15, -0.1) is 0 Å². The van der Waals surface area contributed by atoms with Gasteiger partial charge in [0, 0.05) is 32.3 Å². The van der Waals surface area contributed by atoms with E-state index in [0.717, 1.165) is 71.3 Å². The van der Waals surface area contributed by atoms with Crippen molar-refractivity contribution in [3.63, 3.8) is 0 Å². The molecule has 0 unspecified atom stereocenters. The fourth-order valence-electron chi connectivity index (χ4n) is 6.05. The van der Waals surface area contributed by atoms with E-state index in [-0.39, 0.29) is 0 Å². The number of hydrogen-bond acceptors (Lipinski definition) is 3. The Morgan fingerprint density at radius 1 is 0.514 bits per heavy atom. The van der Waals surface area contributed by atoms with Crippen molar-refractivity contribution in [2.45, 2.75) is 0 Å². The first-order valence-electron chi connectivity index (χ1n) is 12.4. The summed E-state index contributed by atoms with van der Waals surface area (Å²) in [6, 6.07) is 37.7. The van der Waals surface area contributed by atoms with Gasteiger partial charge < -0.3 is 13.4 Å². The third-order valence-electron chi connectivity index (χ3n) is 7.60. The minimum atomic E-state index is 0.637. The predicted molar refractivity (Wildman–Crippen MR) is 151 cm³/mol. The summed E-state index contributed by atoms with van der Waals surface area (Å²) in [6.45, 7) is 0. The Morgan fingerprint density at radius 3 is 2.03 bits per heavy atom. The van der Waals surface area contributed by atoms with Gasteiger partial charge in [-0.05, 0) is 30.3 Å². The minimum Gasteiger partial charge on any atom is -0.454 e. The first-order valence-corrected chi connectivity index (χ1v) is 12.4. The minimum absolute atomic E-state index is 0.637. The van der Waals surface area contributed by atoms with E-state index in [4.69, 9.17) is 13.8 Å². The lowest BCUT2D eigenvalue weighted by Crippen LogP contribution is -1.98. The van der Waals surface area contributed by atoms with E-state index in [1.807, 2.05) is 30.3 Å². The summed E-state index contributed by atoms with van der Waals surface area (Å²) in [4.78, 5) is 4.94. The van der Waals surface area contributed by atoms with E-state index in [0.29, 0.717) is 5.71 Å². The summed E-state index contributed by atoms with van der Waals surface area (Å²) in [5.41, 5.74) is 7.37. The quantitative estimate of drug-likeness (QED) is 0.238. The van der Waals surface area contributed by atoms with Crippen LogP contribution in [-0.2, 0) is 0 Å². The zero-order valence-electron chi connectivity index (χ0n) is 19.6. The molecular weight excluding hydrogens is 456 g/mol.